The number of nitrogens with two attached hydrogens (primary N) is 1. The fourth-order valence-electron chi connectivity index (χ4n) is 2.04. The summed E-state index contributed by atoms with van der Waals surface area (Å²) in [5, 5.41) is 11.4. The molecule has 4 N–H and O–H groups in total. The SMILES string of the molecule is CC(C)[C@H](NC(=O)N1CCCC1C(N)=O)C(=O)O. The highest BCUT2D eigenvalue weighted by atomic mass is 16.4. The number of aliphatic carboxylic acids is 1. The van der Waals surface area contributed by atoms with E-state index in [1.54, 1.807) is 13.8 Å². The van der Waals surface area contributed by atoms with Crippen molar-refractivity contribution in [1.82, 2.24) is 10.2 Å². The molecule has 1 fully saturated rings. The van der Waals surface area contributed by atoms with Crippen LogP contribution in [0.4, 0.5) is 4.79 Å². The van der Waals surface area contributed by atoms with Crippen molar-refractivity contribution in [2.75, 3.05) is 6.54 Å². The largest absolute Gasteiger partial charge is 0.480 e. The first-order valence-corrected chi connectivity index (χ1v) is 5.93. The smallest absolute Gasteiger partial charge is 0.326 e. The van der Waals surface area contributed by atoms with Crippen molar-refractivity contribution < 1.29 is 19.5 Å². The van der Waals surface area contributed by atoms with E-state index in [4.69, 9.17) is 10.8 Å². The van der Waals surface area contributed by atoms with Gasteiger partial charge in [-0.3, -0.25) is 4.79 Å². The van der Waals surface area contributed by atoms with Crippen LogP contribution in [-0.2, 0) is 9.59 Å². The lowest BCUT2D eigenvalue weighted by molar-refractivity contribution is -0.140. The van der Waals surface area contributed by atoms with Gasteiger partial charge >= 0.3 is 12.0 Å². The van der Waals surface area contributed by atoms with Gasteiger partial charge in [0.05, 0.1) is 0 Å². The summed E-state index contributed by atoms with van der Waals surface area (Å²) in [6, 6.07) is -2.14. The molecule has 102 valence electrons. The number of amides is 3. The Morgan fingerprint density at radius 2 is 2.00 bits per heavy atom. The summed E-state index contributed by atoms with van der Waals surface area (Å²) < 4.78 is 0. The fourth-order valence-corrected chi connectivity index (χ4v) is 2.04. The minimum Gasteiger partial charge on any atom is -0.480 e. The first kappa shape index (κ1) is 14.3. The summed E-state index contributed by atoms with van der Waals surface area (Å²) in [6.07, 6.45) is 1.22. The van der Waals surface area contributed by atoms with E-state index < -0.39 is 30.0 Å². The molecule has 0 saturated carbocycles. The highest BCUT2D eigenvalue weighted by molar-refractivity contribution is 5.88. The molecule has 0 aromatic heterocycles. The highest BCUT2D eigenvalue weighted by Gasteiger charge is 2.34. The number of likely N-dealkylation sites (tertiary alicyclic amines) is 1. The van der Waals surface area contributed by atoms with Crippen molar-refractivity contribution in [3.63, 3.8) is 0 Å². The minimum atomic E-state index is -1.09. The van der Waals surface area contributed by atoms with Crippen molar-refractivity contribution in [2.24, 2.45) is 11.7 Å². The number of hydrogen-bond acceptors (Lipinski definition) is 3. The first-order chi connectivity index (χ1) is 8.34. The van der Waals surface area contributed by atoms with Gasteiger partial charge in [-0.2, -0.15) is 0 Å². The molecule has 1 aliphatic heterocycles. The Morgan fingerprint density at radius 1 is 1.39 bits per heavy atom. The van der Waals surface area contributed by atoms with Gasteiger partial charge in [-0.05, 0) is 18.8 Å². The molecule has 0 radical (unpaired) electrons. The molecule has 7 heteroatoms. The van der Waals surface area contributed by atoms with E-state index in [-0.39, 0.29) is 5.92 Å². The van der Waals surface area contributed by atoms with Crippen LogP contribution in [0.15, 0.2) is 0 Å². The van der Waals surface area contributed by atoms with E-state index in [9.17, 15) is 14.4 Å². The fraction of sp³-hybridized carbons (Fsp3) is 0.727. The summed E-state index contributed by atoms with van der Waals surface area (Å²) in [5.41, 5.74) is 5.20. The lowest BCUT2D eigenvalue weighted by atomic mass is 10.1. The lowest BCUT2D eigenvalue weighted by Gasteiger charge is -2.26. The quantitative estimate of drug-likeness (QED) is 0.644. The molecule has 0 aromatic carbocycles. The van der Waals surface area contributed by atoms with E-state index in [0.717, 1.165) is 0 Å². The maximum Gasteiger partial charge on any atom is 0.326 e. The van der Waals surface area contributed by atoms with Gasteiger partial charge in [-0.1, -0.05) is 13.8 Å². The zero-order chi connectivity index (χ0) is 13.9. The van der Waals surface area contributed by atoms with E-state index in [1.165, 1.54) is 4.90 Å². The maximum absolute atomic E-state index is 11.9. The van der Waals surface area contributed by atoms with Gasteiger partial charge in [0.2, 0.25) is 5.91 Å². The molecular weight excluding hydrogens is 238 g/mol. The van der Waals surface area contributed by atoms with Gasteiger partial charge in [-0.25, -0.2) is 9.59 Å². The summed E-state index contributed by atoms with van der Waals surface area (Å²) in [7, 11) is 0. The normalized spacial score (nSPS) is 20.8. The number of carboxylic acid groups (broad SMARTS) is 1. The summed E-state index contributed by atoms with van der Waals surface area (Å²) in [4.78, 5) is 35.4. The number of urea groups is 1. The lowest BCUT2D eigenvalue weighted by Crippen LogP contribution is -2.53. The van der Waals surface area contributed by atoms with Crippen LogP contribution >= 0.6 is 0 Å². The zero-order valence-corrected chi connectivity index (χ0v) is 10.5. The predicted molar refractivity (Wildman–Crippen MR) is 63.7 cm³/mol. The second-order valence-corrected chi connectivity index (χ2v) is 4.76. The molecule has 0 aromatic rings. The maximum atomic E-state index is 11.9. The van der Waals surface area contributed by atoms with Crippen LogP contribution in [0.1, 0.15) is 26.7 Å². The van der Waals surface area contributed by atoms with Crippen molar-refractivity contribution in [1.29, 1.82) is 0 Å². The summed E-state index contributed by atoms with van der Waals surface area (Å²) >= 11 is 0. The van der Waals surface area contributed by atoms with E-state index in [0.29, 0.717) is 19.4 Å². The van der Waals surface area contributed by atoms with Gasteiger partial charge < -0.3 is 21.1 Å². The van der Waals surface area contributed by atoms with Crippen LogP contribution in [0.25, 0.3) is 0 Å². The van der Waals surface area contributed by atoms with Crippen molar-refractivity contribution in [3.8, 4) is 0 Å². The molecule has 1 aliphatic rings. The third kappa shape index (κ3) is 3.12. The number of carbonyl (C=O) groups excluding carboxylic acids is 2. The summed E-state index contributed by atoms with van der Waals surface area (Å²) in [5.74, 6) is -1.88. The van der Waals surface area contributed by atoms with Crippen LogP contribution in [0.3, 0.4) is 0 Å². The molecule has 1 unspecified atom stereocenters. The van der Waals surface area contributed by atoms with E-state index >= 15 is 0 Å². The Morgan fingerprint density at radius 3 is 2.44 bits per heavy atom. The number of nitrogens with zero attached hydrogens (tertiary/aromatic N) is 1. The third-order valence-corrected chi connectivity index (χ3v) is 3.05. The van der Waals surface area contributed by atoms with Crippen LogP contribution < -0.4 is 11.1 Å². The first-order valence-electron chi connectivity index (χ1n) is 5.93. The van der Waals surface area contributed by atoms with Crippen LogP contribution in [0.5, 0.6) is 0 Å². The number of carboxylic acids is 1. The number of hydrogen-bond donors (Lipinski definition) is 3. The highest BCUT2D eigenvalue weighted by Crippen LogP contribution is 2.17. The molecule has 18 heavy (non-hydrogen) atoms. The van der Waals surface area contributed by atoms with Crippen molar-refractivity contribution >= 4 is 17.9 Å². The molecule has 2 atom stereocenters. The Kier molecular flexibility index (Phi) is 4.52. The van der Waals surface area contributed by atoms with Crippen LogP contribution in [0, 0.1) is 5.92 Å². The molecule has 0 aliphatic carbocycles. The molecule has 1 heterocycles. The number of carbonyl (C=O) groups is 3. The molecule has 7 nitrogen and oxygen atoms in total. The second-order valence-electron chi connectivity index (χ2n) is 4.76. The Labute approximate surface area is 105 Å². The molecule has 1 saturated heterocycles. The van der Waals surface area contributed by atoms with Gasteiger partial charge in [0, 0.05) is 6.54 Å². The third-order valence-electron chi connectivity index (χ3n) is 3.05. The average molecular weight is 257 g/mol. The Balaban J connectivity index is 2.69. The number of nitrogens with one attached hydrogen (secondary N) is 1. The average Bonchev–Trinajstić information content (AvgIpc) is 2.73. The van der Waals surface area contributed by atoms with E-state index in [2.05, 4.69) is 5.32 Å². The van der Waals surface area contributed by atoms with Crippen molar-refractivity contribution in [2.45, 2.75) is 38.8 Å². The standard InChI is InChI=1S/C11H19N3O4/c1-6(2)8(10(16)17)13-11(18)14-5-3-4-7(14)9(12)15/h6-8H,3-5H2,1-2H3,(H2,12,15)(H,13,18)(H,16,17)/t7?,8-/m0/s1. The minimum absolute atomic E-state index is 0.235. The Bertz CT molecular complexity index is 356. The monoisotopic (exact) mass is 257 g/mol. The Hall–Kier alpha value is -1.79. The van der Waals surface area contributed by atoms with E-state index in [1.807, 2.05) is 0 Å². The van der Waals surface area contributed by atoms with Crippen LogP contribution in [0.2, 0.25) is 0 Å². The molecular formula is C11H19N3O4. The topological polar surface area (TPSA) is 113 Å². The predicted octanol–water partition coefficient (Wildman–Crippen LogP) is -0.245. The second kappa shape index (κ2) is 5.70. The number of primary amides is 1. The van der Waals surface area contributed by atoms with Gasteiger partial charge in [0.25, 0.3) is 0 Å². The van der Waals surface area contributed by atoms with Crippen molar-refractivity contribution in [3.05, 3.63) is 0 Å². The van der Waals surface area contributed by atoms with Gasteiger partial charge in [0.1, 0.15) is 12.1 Å². The van der Waals surface area contributed by atoms with Crippen LogP contribution in [-0.4, -0.2) is 46.5 Å². The van der Waals surface area contributed by atoms with Gasteiger partial charge in [-0.15, -0.1) is 0 Å². The summed E-state index contributed by atoms with van der Waals surface area (Å²) in [6.45, 7) is 3.83. The molecule has 1 rings (SSSR count). The van der Waals surface area contributed by atoms with Gasteiger partial charge in [0.15, 0.2) is 0 Å². The molecule has 0 spiro atoms. The number of rotatable bonds is 4. The molecule has 3 amide bonds. The zero-order valence-electron chi connectivity index (χ0n) is 10.5. The molecule has 0 bridgehead atoms.